The number of rotatable bonds is 2. The molecule has 0 unspecified atom stereocenters. The van der Waals surface area contributed by atoms with Crippen LogP contribution in [0.2, 0.25) is 0 Å². The number of carboxylic acid groups (broad SMARTS) is 1. The van der Waals surface area contributed by atoms with E-state index in [1.54, 1.807) is 0 Å². The molecule has 0 aliphatic carbocycles. The van der Waals surface area contributed by atoms with Gasteiger partial charge in [-0.25, -0.2) is 13.6 Å². The first-order valence-corrected chi connectivity index (χ1v) is 4.00. The van der Waals surface area contributed by atoms with Crippen LogP contribution in [0.25, 0.3) is 0 Å². The molecule has 0 aliphatic rings. The van der Waals surface area contributed by atoms with Crippen LogP contribution in [0, 0.1) is 0 Å². The van der Waals surface area contributed by atoms with E-state index in [-0.39, 0.29) is 6.07 Å². The minimum absolute atomic E-state index is 0.180. The molecular weight excluding hydrogens is 253 g/mol. The van der Waals surface area contributed by atoms with Crippen molar-refractivity contribution < 1.29 is 31.9 Å². The second kappa shape index (κ2) is 4.15. The van der Waals surface area contributed by atoms with E-state index in [0.717, 1.165) is 0 Å². The average Bonchev–Trinajstić information content (AvgIpc) is 2.14. The molecule has 1 heterocycles. The SMILES string of the molecule is O=C(O)c1cc(=O)c(C(F)F)c(C(F)(F)F)[nH]1. The van der Waals surface area contributed by atoms with Gasteiger partial charge >= 0.3 is 12.1 Å². The van der Waals surface area contributed by atoms with E-state index >= 15 is 0 Å². The number of alkyl halides is 5. The fraction of sp³-hybridized carbons (Fsp3) is 0.250. The molecule has 17 heavy (non-hydrogen) atoms. The number of hydrogen-bond donors (Lipinski definition) is 2. The maximum atomic E-state index is 12.3. The van der Waals surface area contributed by atoms with Crippen molar-refractivity contribution in [2.24, 2.45) is 0 Å². The predicted molar refractivity (Wildman–Crippen MR) is 44.0 cm³/mol. The molecule has 0 atom stereocenters. The molecule has 0 amide bonds. The first-order chi connectivity index (χ1) is 7.64. The standard InChI is InChI=1S/C8H4F5NO3/c9-6(10)4-3(15)1-2(7(16)17)14-5(4)8(11,12)13/h1,6H,(H,14,15)(H,16,17). The van der Waals surface area contributed by atoms with E-state index in [1.807, 2.05) is 0 Å². The highest BCUT2D eigenvalue weighted by Crippen LogP contribution is 2.33. The summed E-state index contributed by atoms with van der Waals surface area (Å²) in [5.41, 5.74) is -6.62. The molecule has 4 nitrogen and oxygen atoms in total. The first-order valence-electron chi connectivity index (χ1n) is 4.00. The summed E-state index contributed by atoms with van der Waals surface area (Å²) in [4.78, 5) is 22.6. The third kappa shape index (κ3) is 2.60. The number of carboxylic acids is 1. The lowest BCUT2D eigenvalue weighted by Gasteiger charge is -2.12. The summed E-state index contributed by atoms with van der Waals surface area (Å²) in [5.74, 6) is -1.85. The van der Waals surface area contributed by atoms with Gasteiger partial charge in [-0.3, -0.25) is 4.79 Å². The molecule has 1 aromatic heterocycles. The Hall–Kier alpha value is -1.93. The highest BCUT2D eigenvalue weighted by atomic mass is 19.4. The molecule has 0 aliphatic heterocycles. The Bertz CT molecular complexity index is 505. The molecule has 0 spiro atoms. The van der Waals surface area contributed by atoms with E-state index in [2.05, 4.69) is 0 Å². The lowest BCUT2D eigenvalue weighted by atomic mass is 10.1. The minimum Gasteiger partial charge on any atom is -0.477 e. The Morgan fingerprint density at radius 3 is 2.24 bits per heavy atom. The van der Waals surface area contributed by atoms with Crippen LogP contribution in [0.4, 0.5) is 22.0 Å². The van der Waals surface area contributed by atoms with Gasteiger partial charge < -0.3 is 10.1 Å². The number of carbonyl (C=O) groups is 1. The van der Waals surface area contributed by atoms with Crippen LogP contribution in [0.3, 0.4) is 0 Å². The molecule has 2 N–H and O–H groups in total. The van der Waals surface area contributed by atoms with Crippen molar-refractivity contribution in [3.63, 3.8) is 0 Å². The zero-order chi connectivity index (χ0) is 13.4. The van der Waals surface area contributed by atoms with E-state index in [0.29, 0.717) is 0 Å². The Labute approximate surface area is 89.7 Å². The van der Waals surface area contributed by atoms with Gasteiger partial charge in [-0.05, 0) is 0 Å². The van der Waals surface area contributed by atoms with Crippen molar-refractivity contribution >= 4 is 5.97 Å². The number of nitrogens with one attached hydrogen (secondary N) is 1. The summed E-state index contributed by atoms with van der Waals surface area (Å²) in [7, 11) is 0. The Kier molecular flexibility index (Phi) is 3.21. The number of hydrogen-bond acceptors (Lipinski definition) is 2. The number of aromatic amines is 1. The Morgan fingerprint density at radius 2 is 1.88 bits per heavy atom. The van der Waals surface area contributed by atoms with Gasteiger partial charge in [0.05, 0.1) is 5.56 Å². The van der Waals surface area contributed by atoms with Gasteiger partial charge in [0.25, 0.3) is 6.43 Å². The van der Waals surface area contributed by atoms with Crippen LogP contribution in [0.15, 0.2) is 10.9 Å². The number of aromatic nitrogens is 1. The second-order valence-electron chi connectivity index (χ2n) is 2.94. The van der Waals surface area contributed by atoms with Crippen LogP contribution in [0.5, 0.6) is 0 Å². The van der Waals surface area contributed by atoms with Crippen LogP contribution in [0.1, 0.15) is 28.2 Å². The van der Waals surface area contributed by atoms with Crippen molar-refractivity contribution in [1.29, 1.82) is 0 Å². The van der Waals surface area contributed by atoms with Gasteiger partial charge in [0, 0.05) is 6.07 Å². The van der Waals surface area contributed by atoms with Crippen LogP contribution >= 0.6 is 0 Å². The van der Waals surface area contributed by atoms with E-state index in [9.17, 15) is 31.5 Å². The predicted octanol–water partition coefficient (Wildman–Crippen LogP) is 2.03. The van der Waals surface area contributed by atoms with E-state index in [4.69, 9.17) is 5.11 Å². The zero-order valence-electron chi connectivity index (χ0n) is 7.81. The molecule has 94 valence electrons. The molecule has 0 saturated carbocycles. The third-order valence-electron chi connectivity index (χ3n) is 1.80. The summed E-state index contributed by atoms with van der Waals surface area (Å²) >= 11 is 0. The van der Waals surface area contributed by atoms with Crippen molar-refractivity contribution in [2.45, 2.75) is 12.6 Å². The molecule has 1 aromatic rings. The quantitative estimate of drug-likeness (QED) is 0.796. The number of H-pyrrole nitrogens is 1. The molecule has 0 radical (unpaired) electrons. The fourth-order valence-corrected chi connectivity index (χ4v) is 1.13. The third-order valence-corrected chi connectivity index (χ3v) is 1.80. The lowest BCUT2D eigenvalue weighted by Crippen LogP contribution is -2.23. The number of aromatic carboxylic acids is 1. The fourth-order valence-electron chi connectivity index (χ4n) is 1.13. The molecule has 0 bridgehead atoms. The maximum absolute atomic E-state index is 12.3. The minimum atomic E-state index is -5.27. The highest BCUT2D eigenvalue weighted by Gasteiger charge is 2.39. The van der Waals surface area contributed by atoms with Crippen LogP contribution in [-0.4, -0.2) is 16.1 Å². The summed E-state index contributed by atoms with van der Waals surface area (Å²) in [6.45, 7) is 0. The maximum Gasteiger partial charge on any atom is 0.431 e. The second-order valence-corrected chi connectivity index (χ2v) is 2.94. The summed E-state index contributed by atoms with van der Waals surface area (Å²) in [5, 5.41) is 8.40. The molecular formula is C8H4F5NO3. The van der Waals surface area contributed by atoms with Gasteiger partial charge in [-0.15, -0.1) is 0 Å². The number of pyridine rings is 1. The first kappa shape index (κ1) is 13.1. The van der Waals surface area contributed by atoms with Crippen molar-refractivity contribution in [1.82, 2.24) is 4.98 Å². The topological polar surface area (TPSA) is 70.2 Å². The van der Waals surface area contributed by atoms with Gasteiger partial charge in [0.1, 0.15) is 11.4 Å². The average molecular weight is 257 g/mol. The molecule has 1 rings (SSSR count). The molecule has 0 aromatic carbocycles. The zero-order valence-corrected chi connectivity index (χ0v) is 7.81. The van der Waals surface area contributed by atoms with Crippen molar-refractivity contribution in [3.8, 4) is 0 Å². The summed E-state index contributed by atoms with van der Waals surface area (Å²) < 4.78 is 61.6. The Morgan fingerprint density at radius 1 is 1.35 bits per heavy atom. The van der Waals surface area contributed by atoms with Gasteiger partial charge in [0.15, 0.2) is 5.43 Å². The van der Waals surface area contributed by atoms with E-state index in [1.165, 1.54) is 4.98 Å². The smallest absolute Gasteiger partial charge is 0.431 e. The number of halogens is 5. The molecule has 0 saturated heterocycles. The molecule has 0 fully saturated rings. The van der Waals surface area contributed by atoms with Gasteiger partial charge in [0.2, 0.25) is 0 Å². The largest absolute Gasteiger partial charge is 0.477 e. The van der Waals surface area contributed by atoms with Crippen LogP contribution in [-0.2, 0) is 6.18 Å². The van der Waals surface area contributed by atoms with Crippen molar-refractivity contribution in [2.75, 3.05) is 0 Å². The van der Waals surface area contributed by atoms with Crippen LogP contribution < -0.4 is 5.43 Å². The summed E-state index contributed by atoms with van der Waals surface area (Å²) in [6.07, 6.45) is -8.92. The van der Waals surface area contributed by atoms with Gasteiger partial charge in [-0.2, -0.15) is 13.2 Å². The lowest BCUT2D eigenvalue weighted by molar-refractivity contribution is -0.143. The highest BCUT2D eigenvalue weighted by molar-refractivity contribution is 5.85. The van der Waals surface area contributed by atoms with Gasteiger partial charge in [-0.1, -0.05) is 0 Å². The van der Waals surface area contributed by atoms with Crippen molar-refractivity contribution in [3.05, 3.63) is 33.2 Å². The monoisotopic (exact) mass is 257 g/mol. The Balaban J connectivity index is 3.63. The normalized spacial score (nSPS) is 11.9. The summed E-state index contributed by atoms with van der Waals surface area (Å²) in [6, 6.07) is 0.180. The van der Waals surface area contributed by atoms with E-state index < -0.39 is 41.0 Å². The molecule has 9 heteroatoms.